The number of hydrogen-bond acceptors (Lipinski definition) is 2. The molecule has 4 heteroatoms. The van der Waals surface area contributed by atoms with Crippen LogP contribution in [0.15, 0.2) is 91.4 Å². The van der Waals surface area contributed by atoms with Gasteiger partial charge in [0.15, 0.2) is 0 Å². The van der Waals surface area contributed by atoms with Gasteiger partial charge in [-0.1, -0.05) is 54.6 Å². The van der Waals surface area contributed by atoms with Crippen molar-refractivity contribution >= 4 is 11.6 Å². The van der Waals surface area contributed by atoms with Gasteiger partial charge in [-0.25, -0.2) is 4.98 Å². The van der Waals surface area contributed by atoms with Crippen LogP contribution in [-0.2, 0) is 7.05 Å². The highest BCUT2D eigenvalue weighted by atomic mass is 16.1. The fourth-order valence-corrected chi connectivity index (χ4v) is 3.07. The number of carbonyl (C=O) groups is 1. The SMILES string of the molecule is Cn1cncc1-c1cccc(NC(=O)c2cccc(-c3ccccc3)c2)c1. The summed E-state index contributed by atoms with van der Waals surface area (Å²) in [7, 11) is 1.95. The molecule has 3 aromatic carbocycles. The summed E-state index contributed by atoms with van der Waals surface area (Å²) >= 11 is 0. The zero-order chi connectivity index (χ0) is 18.6. The molecule has 0 spiro atoms. The van der Waals surface area contributed by atoms with Gasteiger partial charge in [-0.15, -0.1) is 0 Å². The first-order valence-corrected chi connectivity index (χ1v) is 8.74. The third-order valence-corrected chi connectivity index (χ3v) is 4.46. The Morgan fingerprint density at radius 2 is 1.59 bits per heavy atom. The average molecular weight is 353 g/mol. The molecule has 0 saturated carbocycles. The predicted molar refractivity (Wildman–Crippen MR) is 108 cm³/mol. The van der Waals surface area contributed by atoms with E-state index in [1.54, 1.807) is 6.33 Å². The molecule has 4 aromatic rings. The van der Waals surface area contributed by atoms with Crippen LogP contribution in [0.1, 0.15) is 10.4 Å². The second-order valence-corrected chi connectivity index (χ2v) is 6.37. The van der Waals surface area contributed by atoms with Crippen LogP contribution >= 0.6 is 0 Å². The molecule has 0 radical (unpaired) electrons. The van der Waals surface area contributed by atoms with E-state index >= 15 is 0 Å². The summed E-state index contributed by atoms with van der Waals surface area (Å²) in [4.78, 5) is 16.9. The van der Waals surface area contributed by atoms with E-state index in [0.29, 0.717) is 5.56 Å². The Morgan fingerprint density at radius 3 is 2.37 bits per heavy atom. The maximum Gasteiger partial charge on any atom is 0.255 e. The number of nitrogens with zero attached hydrogens (tertiary/aromatic N) is 2. The number of nitrogens with one attached hydrogen (secondary N) is 1. The molecule has 0 atom stereocenters. The third-order valence-electron chi connectivity index (χ3n) is 4.46. The number of amides is 1. The monoisotopic (exact) mass is 353 g/mol. The standard InChI is InChI=1S/C23H19N3O/c1-26-16-24-15-22(26)19-10-6-12-21(14-19)25-23(27)20-11-5-9-18(13-20)17-7-3-2-4-8-17/h2-16H,1H3,(H,25,27). The summed E-state index contributed by atoms with van der Waals surface area (Å²) in [5, 5.41) is 2.99. The molecule has 0 unspecified atom stereocenters. The van der Waals surface area contributed by atoms with Crippen molar-refractivity contribution in [3.8, 4) is 22.4 Å². The summed E-state index contributed by atoms with van der Waals surface area (Å²) in [6.45, 7) is 0. The fraction of sp³-hybridized carbons (Fsp3) is 0.0435. The first-order valence-electron chi connectivity index (χ1n) is 8.74. The Morgan fingerprint density at radius 1 is 0.852 bits per heavy atom. The Kier molecular flexibility index (Phi) is 4.54. The zero-order valence-electron chi connectivity index (χ0n) is 15.0. The van der Waals surface area contributed by atoms with E-state index in [-0.39, 0.29) is 5.91 Å². The van der Waals surface area contributed by atoms with Crippen LogP contribution < -0.4 is 5.32 Å². The molecule has 1 N–H and O–H groups in total. The van der Waals surface area contributed by atoms with Crippen molar-refractivity contribution in [2.24, 2.45) is 7.05 Å². The lowest BCUT2D eigenvalue weighted by Gasteiger charge is -2.09. The van der Waals surface area contributed by atoms with Crippen molar-refractivity contribution in [1.29, 1.82) is 0 Å². The molecule has 0 saturated heterocycles. The van der Waals surface area contributed by atoms with Gasteiger partial charge in [0.2, 0.25) is 0 Å². The van der Waals surface area contributed by atoms with E-state index in [2.05, 4.69) is 10.3 Å². The smallest absolute Gasteiger partial charge is 0.255 e. The highest BCUT2D eigenvalue weighted by Gasteiger charge is 2.09. The number of hydrogen-bond donors (Lipinski definition) is 1. The van der Waals surface area contributed by atoms with E-state index in [0.717, 1.165) is 28.1 Å². The number of benzene rings is 3. The van der Waals surface area contributed by atoms with Crippen LogP contribution in [0, 0.1) is 0 Å². The summed E-state index contributed by atoms with van der Waals surface area (Å²) in [6.07, 6.45) is 3.57. The largest absolute Gasteiger partial charge is 0.334 e. The van der Waals surface area contributed by atoms with Gasteiger partial charge in [0.05, 0.1) is 18.2 Å². The van der Waals surface area contributed by atoms with Gasteiger partial charge in [0, 0.05) is 23.9 Å². The lowest BCUT2D eigenvalue weighted by Crippen LogP contribution is -2.11. The minimum atomic E-state index is -0.130. The van der Waals surface area contributed by atoms with E-state index in [4.69, 9.17) is 0 Å². The van der Waals surface area contributed by atoms with Gasteiger partial charge in [0.1, 0.15) is 0 Å². The minimum Gasteiger partial charge on any atom is -0.334 e. The Labute approximate surface area is 158 Å². The highest BCUT2D eigenvalue weighted by molar-refractivity contribution is 6.05. The molecule has 1 aromatic heterocycles. The second kappa shape index (κ2) is 7.30. The van der Waals surface area contributed by atoms with Crippen LogP contribution in [0.3, 0.4) is 0 Å². The normalized spacial score (nSPS) is 10.6. The number of carbonyl (C=O) groups excluding carboxylic acids is 1. The van der Waals surface area contributed by atoms with Gasteiger partial charge in [-0.2, -0.15) is 0 Å². The molecule has 4 nitrogen and oxygen atoms in total. The van der Waals surface area contributed by atoms with E-state index < -0.39 is 0 Å². The molecule has 0 aliphatic rings. The van der Waals surface area contributed by atoms with Crippen molar-refractivity contribution in [3.63, 3.8) is 0 Å². The van der Waals surface area contributed by atoms with Gasteiger partial charge >= 0.3 is 0 Å². The number of aryl methyl sites for hydroxylation is 1. The third kappa shape index (κ3) is 3.65. The Balaban J connectivity index is 1.57. The lowest BCUT2D eigenvalue weighted by atomic mass is 10.0. The number of imidazole rings is 1. The van der Waals surface area contributed by atoms with Gasteiger partial charge in [0.25, 0.3) is 5.91 Å². The molecule has 0 bridgehead atoms. The summed E-state index contributed by atoms with van der Waals surface area (Å²) in [6, 6.07) is 25.5. The topological polar surface area (TPSA) is 46.9 Å². The molecule has 1 amide bonds. The fourth-order valence-electron chi connectivity index (χ4n) is 3.07. The molecule has 27 heavy (non-hydrogen) atoms. The number of rotatable bonds is 4. The van der Waals surface area contributed by atoms with Gasteiger partial charge in [-0.05, 0) is 35.4 Å². The maximum absolute atomic E-state index is 12.7. The highest BCUT2D eigenvalue weighted by Crippen LogP contribution is 2.23. The van der Waals surface area contributed by atoms with Crippen LogP contribution in [0.25, 0.3) is 22.4 Å². The molecule has 1 heterocycles. The summed E-state index contributed by atoms with van der Waals surface area (Å²) in [5.41, 5.74) is 5.49. The Hall–Kier alpha value is -3.66. The van der Waals surface area contributed by atoms with Crippen LogP contribution in [0.4, 0.5) is 5.69 Å². The van der Waals surface area contributed by atoms with E-state index in [1.165, 1.54) is 0 Å². The van der Waals surface area contributed by atoms with Crippen molar-refractivity contribution in [2.45, 2.75) is 0 Å². The van der Waals surface area contributed by atoms with Gasteiger partial charge < -0.3 is 9.88 Å². The van der Waals surface area contributed by atoms with Crippen LogP contribution in [0.2, 0.25) is 0 Å². The number of anilines is 1. The predicted octanol–water partition coefficient (Wildman–Crippen LogP) is 5.01. The first-order chi connectivity index (χ1) is 13.2. The minimum absolute atomic E-state index is 0.130. The molecule has 0 aliphatic carbocycles. The second-order valence-electron chi connectivity index (χ2n) is 6.37. The summed E-state index contributed by atoms with van der Waals surface area (Å²) in [5.74, 6) is -0.130. The molecular weight excluding hydrogens is 334 g/mol. The Bertz CT molecular complexity index is 1080. The van der Waals surface area contributed by atoms with Crippen LogP contribution in [-0.4, -0.2) is 15.5 Å². The molecule has 132 valence electrons. The molecular formula is C23H19N3O. The molecule has 0 fully saturated rings. The quantitative estimate of drug-likeness (QED) is 0.561. The molecule has 4 rings (SSSR count). The van der Waals surface area contributed by atoms with Crippen molar-refractivity contribution in [1.82, 2.24) is 9.55 Å². The number of aromatic nitrogens is 2. The average Bonchev–Trinajstić information content (AvgIpc) is 3.15. The van der Waals surface area contributed by atoms with Crippen molar-refractivity contribution < 1.29 is 4.79 Å². The maximum atomic E-state index is 12.7. The first kappa shape index (κ1) is 16.8. The van der Waals surface area contributed by atoms with E-state index in [9.17, 15) is 4.79 Å². The van der Waals surface area contributed by atoms with Crippen molar-refractivity contribution in [2.75, 3.05) is 5.32 Å². The molecule has 0 aliphatic heterocycles. The van der Waals surface area contributed by atoms with E-state index in [1.807, 2.05) is 96.7 Å². The van der Waals surface area contributed by atoms with Crippen LogP contribution in [0.5, 0.6) is 0 Å². The zero-order valence-corrected chi connectivity index (χ0v) is 15.0. The lowest BCUT2D eigenvalue weighted by molar-refractivity contribution is 0.102. The van der Waals surface area contributed by atoms with Crippen molar-refractivity contribution in [3.05, 3.63) is 97.0 Å². The summed E-state index contributed by atoms with van der Waals surface area (Å²) < 4.78 is 1.95. The van der Waals surface area contributed by atoms with Gasteiger partial charge in [-0.3, -0.25) is 4.79 Å².